The number of hydrogen-bond acceptors (Lipinski definition) is 5. The van der Waals surface area contributed by atoms with Gasteiger partial charge in [-0.25, -0.2) is 4.79 Å². The number of aromatic nitrogens is 2. The number of nitrogens with one attached hydrogen (secondary N) is 1. The van der Waals surface area contributed by atoms with Gasteiger partial charge in [0.25, 0.3) is 0 Å². The van der Waals surface area contributed by atoms with Crippen LogP contribution >= 0.6 is 11.3 Å². The summed E-state index contributed by atoms with van der Waals surface area (Å²) in [6.45, 7) is 5.43. The van der Waals surface area contributed by atoms with Crippen LogP contribution in [0.4, 0.5) is 9.93 Å². The van der Waals surface area contributed by atoms with E-state index >= 15 is 0 Å². The predicted molar refractivity (Wildman–Crippen MR) is 114 cm³/mol. The van der Waals surface area contributed by atoms with Crippen LogP contribution in [0.25, 0.3) is 0 Å². The van der Waals surface area contributed by atoms with Crippen molar-refractivity contribution >= 4 is 22.5 Å². The van der Waals surface area contributed by atoms with Crippen LogP contribution in [0.3, 0.4) is 0 Å². The Hall–Kier alpha value is -1.21. The molecule has 158 valence electrons. The minimum absolute atomic E-state index is 0.00686. The lowest BCUT2D eigenvalue weighted by atomic mass is 9.50. The van der Waals surface area contributed by atoms with E-state index < -0.39 is 0 Å². The lowest BCUT2D eigenvalue weighted by Crippen LogP contribution is -2.48. The highest BCUT2D eigenvalue weighted by molar-refractivity contribution is 7.15. The normalized spacial score (nSPS) is 41.4. The van der Waals surface area contributed by atoms with Gasteiger partial charge in [-0.2, -0.15) is 0 Å². The Morgan fingerprint density at radius 1 is 1.03 bits per heavy atom. The average Bonchev–Trinajstić information content (AvgIpc) is 3.41. The van der Waals surface area contributed by atoms with Gasteiger partial charge in [-0.15, -0.1) is 10.2 Å². The lowest BCUT2D eigenvalue weighted by Gasteiger charge is -2.55. The van der Waals surface area contributed by atoms with E-state index in [1.54, 1.807) is 11.3 Å². The van der Waals surface area contributed by atoms with Crippen LogP contribution in [0.15, 0.2) is 0 Å². The minimum atomic E-state index is 0.00686. The highest BCUT2D eigenvalue weighted by Gasteiger charge is 2.53. The fraction of sp³-hybridized carbons (Fsp3) is 0.864. The van der Waals surface area contributed by atoms with E-state index in [9.17, 15) is 4.79 Å². The second-order valence-corrected chi connectivity index (χ2v) is 11.6. The smallest absolute Gasteiger partial charge is 0.320 e. The first-order valence-corrected chi connectivity index (χ1v) is 12.6. The summed E-state index contributed by atoms with van der Waals surface area (Å²) in [7, 11) is 0. The van der Waals surface area contributed by atoms with Crippen molar-refractivity contribution in [2.45, 2.75) is 82.2 Å². The van der Waals surface area contributed by atoms with Crippen molar-refractivity contribution in [1.82, 2.24) is 20.0 Å². The molecule has 7 rings (SSSR count). The number of rotatable bonds is 3. The Morgan fingerprint density at radius 3 is 2.34 bits per heavy atom. The summed E-state index contributed by atoms with van der Waals surface area (Å²) in [5.74, 6) is 2.70. The second-order valence-electron chi connectivity index (χ2n) is 10.6. The lowest BCUT2D eigenvalue weighted by molar-refractivity contribution is -0.00555. The molecule has 2 saturated heterocycles. The molecular formula is C22H33N5OS. The summed E-state index contributed by atoms with van der Waals surface area (Å²) in [6, 6.07) is 0.788. The number of carbonyl (C=O) groups excluding carboxylic acids is 1. The van der Waals surface area contributed by atoms with Crippen LogP contribution in [0, 0.1) is 17.8 Å². The first-order chi connectivity index (χ1) is 14.1. The summed E-state index contributed by atoms with van der Waals surface area (Å²) in [5.41, 5.74) is 0.261. The molecule has 2 amide bonds. The van der Waals surface area contributed by atoms with Crippen molar-refractivity contribution in [2.24, 2.45) is 17.8 Å². The zero-order chi connectivity index (χ0) is 19.6. The summed E-state index contributed by atoms with van der Waals surface area (Å²) >= 11 is 1.64. The van der Waals surface area contributed by atoms with E-state index in [1.165, 1.54) is 69.5 Å². The number of hydrogen-bond donors (Lipinski definition) is 1. The van der Waals surface area contributed by atoms with Gasteiger partial charge in [0.2, 0.25) is 5.13 Å². The molecule has 4 aliphatic carbocycles. The van der Waals surface area contributed by atoms with Crippen molar-refractivity contribution in [3.05, 3.63) is 5.01 Å². The van der Waals surface area contributed by atoms with Gasteiger partial charge < -0.3 is 4.90 Å². The zero-order valence-electron chi connectivity index (χ0n) is 17.5. The molecule has 0 aromatic carbocycles. The molecule has 0 radical (unpaired) electrons. The molecule has 6 nitrogen and oxygen atoms in total. The summed E-state index contributed by atoms with van der Waals surface area (Å²) < 4.78 is 0. The van der Waals surface area contributed by atoms with Crippen LogP contribution in [-0.2, 0) is 5.41 Å². The van der Waals surface area contributed by atoms with Gasteiger partial charge in [-0.1, -0.05) is 11.3 Å². The third kappa shape index (κ3) is 3.11. The number of anilines is 1. The number of urea groups is 1. The molecule has 4 saturated carbocycles. The molecule has 1 N–H and O–H groups in total. The average molecular weight is 416 g/mol. The fourth-order valence-corrected chi connectivity index (χ4v) is 8.75. The highest BCUT2D eigenvalue weighted by Crippen LogP contribution is 2.61. The van der Waals surface area contributed by atoms with Gasteiger partial charge in [0.15, 0.2) is 0 Å². The minimum Gasteiger partial charge on any atom is -0.320 e. The molecule has 1 aromatic heterocycles. The van der Waals surface area contributed by atoms with Crippen LogP contribution in [-0.4, -0.2) is 57.7 Å². The van der Waals surface area contributed by atoms with Crippen LogP contribution in [0.1, 0.15) is 69.7 Å². The van der Waals surface area contributed by atoms with Gasteiger partial charge >= 0.3 is 6.03 Å². The van der Waals surface area contributed by atoms with Gasteiger partial charge in [0, 0.05) is 24.0 Å². The van der Waals surface area contributed by atoms with Crippen molar-refractivity contribution in [1.29, 1.82) is 0 Å². The van der Waals surface area contributed by atoms with Crippen LogP contribution in [0.2, 0.25) is 0 Å². The fourth-order valence-electron chi connectivity index (χ4n) is 7.80. The SMILES string of the molecule is CC1C(N2CCCC2)CCN1C(=O)Nc1nnc(C23CC4CC(CC(C4)C2)C3)s1. The highest BCUT2D eigenvalue weighted by atomic mass is 32.1. The Kier molecular flexibility index (Phi) is 4.42. The summed E-state index contributed by atoms with van der Waals surface area (Å²) in [5, 5.41) is 14.0. The van der Waals surface area contributed by atoms with Crippen LogP contribution < -0.4 is 5.32 Å². The Balaban J connectivity index is 1.13. The molecule has 0 spiro atoms. The molecule has 1 aromatic rings. The number of nitrogens with zero attached hydrogens (tertiary/aromatic N) is 4. The third-order valence-corrected chi connectivity index (χ3v) is 9.80. The van der Waals surface area contributed by atoms with Gasteiger partial charge in [0.1, 0.15) is 5.01 Å². The zero-order valence-corrected chi connectivity index (χ0v) is 18.3. The van der Waals surface area contributed by atoms with Gasteiger partial charge in [0.05, 0.1) is 0 Å². The van der Waals surface area contributed by atoms with Crippen LogP contribution in [0.5, 0.6) is 0 Å². The molecule has 2 atom stereocenters. The maximum absolute atomic E-state index is 13.0. The van der Waals surface area contributed by atoms with E-state index in [0.29, 0.717) is 11.2 Å². The monoisotopic (exact) mass is 415 g/mol. The number of carbonyl (C=O) groups is 1. The first-order valence-electron chi connectivity index (χ1n) is 11.8. The Bertz CT molecular complexity index is 753. The van der Waals surface area contributed by atoms with Gasteiger partial charge in [-0.3, -0.25) is 10.2 Å². The van der Waals surface area contributed by atoms with E-state index in [1.807, 2.05) is 4.90 Å². The molecular weight excluding hydrogens is 382 g/mol. The standard InChI is InChI=1S/C22H33N5OS/c1-14-18(26-5-2-3-6-26)4-7-27(14)21(28)23-20-25-24-19(29-20)22-11-15-8-16(12-22)10-17(9-15)13-22/h14-18H,2-13H2,1H3,(H,23,25,28). The van der Waals surface area contributed by atoms with E-state index in [2.05, 4.69) is 27.3 Å². The van der Waals surface area contributed by atoms with E-state index in [-0.39, 0.29) is 17.5 Å². The maximum Gasteiger partial charge on any atom is 0.323 e. The van der Waals surface area contributed by atoms with Crippen molar-refractivity contribution in [3.63, 3.8) is 0 Å². The molecule has 2 unspecified atom stereocenters. The Morgan fingerprint density at radius 2 is 1.69 bits per heavy atom. The molecule has 6 fully saturated rings. The van der Waals surface area contributed by atoms with Crippen molar-refractivity contribution in [2.75, 3.05) is 25.0 Å². The van der Waals surface area contributed by atoms with E-state index in [0.717, 1.165) is 30.7 Å². The topological polar surface area (TPSA) is 61.4 Å². The van der Waals surface area contributed by atoms with Gasteiger partial charge in [-0.05, 0) is 95.6 Å². The molecule has 3 heterocycles. The Labute approximate surface area is 177 Å². The molecule has 6 aliphatic rings. The first kappa shape index (κ1) is 18.6. The summed E-state index contributed by atoms with van der Waals surface area (Å²) in [4.78, 5) is 17.6. The summed E-state index contributed by atoms with van der Waals surface area (Å²) in [6.07, 6.45) is 11.9. The third-order valence-electron chi connectivity index (χ3n) is 8.72. The quantitative estimate of drug-likeness (QED) is 0.807. The molecule has 4 bridgehead atoms. The largest absolute Gasteiger partial charge is 0.323 e. The molecule has 2 aliphatic heterocycles. The number of likely N-dealkylation sites (tertiary alicyclic amines) is 2. The predicted octanol–water partition coefficient (Wildman–Crippen LogP) is 4.10. The second kappa shape index (κ2) is 6.91. The van der Waals surface area contributed by atoms with Crippen molar-refractivity contribution < 1.29 is 4.79 Å². The number of amides is 2. The molecule has 7 heteroatoms. The van der Waals surface area contributed by atoms with E-state index in [4.69, 9.17) is 0 Å². The maximum atomic E-state index is 13.0. The van der Waals surface area contributed by atoms with Crippen molar-refractivity contribution in [3.8, 4) is 0 Å². The molecule has 29 heavy (non-hydrogen) atoms.